The lowest BCUT2D eigenvalue weighted by atomic mass is 10.0. The average Bonchev–Trinajstić information content (AvgIpc) is 3.24. The number of nitrogens with two attached hydrogens (primary N) is 1. The highest BCUT2D eigenvalue weighted by Gasteiger charge is 2.34. The molecule has 2 N–H and O–H groups in total. The van der Waals surface area contributed by atoms with Crippen LogP contribution in [0.4, 0.5) is 0 Å². The number of aromatic nitrogens is 2. The Kier molecular flexibility index (Phi) is 6.71. The number of morpholine rings is 1. The lowest BCUT2D eigenvalue weighted by molar-refractivity contribution is -0.115. The lowest BCUT2D eigenvalue weighted by Gasteiger charge is -2.33. The zero-order chi connectivity index (χ0) is 23.7. The van der Waals surface area contributed by atoms with Crippen molar-refractivity contribution < 1.29 is 14.3 Å². The van der Waals surface area contributed by atoms with Gasteiger partial charge in [-0.15, -0.1) is 11.8 Å². The Labute approximate surface area is 203 Å². The van der Waals surface area contributed by atoms with Crippen molar-refractivity contribution in [3.63, 3.8) is 0 Å². The van der Waals surface area contributed by atoms with Gasteiger partial charge in [-0.05, 0) is 25.5 Å². The van der Waals surface area contributed by atoms with Gasteiger partial charge in [-0.2, -0.15) is 10.1 Å². The van der Waals surface area contributed by atoms with E-state index in [1.165, 1.54) is 11.8 Å². The summed E-state index contributed by atoms with van der Waals surface area (Å²) in [5.74, 6) is 0.767. The van der Waals surface area contributed by atoms with Gasteiger partial charge in [-0.3, -0.25) is 19.2 Å². The molecule has 180 valence electrons. The molecule has 9 nitrogen and oxygen atoms in total. The summed E-state index contributed by atoms with van der Waals surface area (Å²) in [6, 6.07) is 8.46. The average molecular weight is 483 g/mol. The summed E-state index contributed by atoms with van der Waals surface area (Å²) in [6.45, 7) is 5.80. The molecule has 1 unspecified atom stereocenters. The predicted octanol–water partition coefficient (Wildman–Crippen LogP) is 2.17. The van der Waals surface area contributed by atoms with Crippen LogP contribution in [0.2, 0.25) is 0 Å². The highest BCUT2D eigenvalue weighted by molar-refractivity contribution is 7.98. The van der Waals surface area contributed by atoms with Crippen LogP contribution in [-0.2, 0) is 15.3 Å². The minimum atomic E-state index is -0.285. The number of thioether (sulfide) groups is 1. The molecule has 0 spiro atoms. The van der Waals surface area contributed by atoms with Crippen molar-refractivity contribution in [1.29, 1.82) is 0 Å². The maximum absolute atomic E-state index is 13.5. The van der Waals surface area contributed by atoms with Crippen molar-refractivity contribution in [1.82, 2.24) is 19.6 Å². The van der Waals surface area contributed by atoms with Crippen LogP contribution in [0.15, 0.2) is 34.2 Å². The summed E-state index contributed by atoms with van der Waals surface area (Å²) >= 11 is 1.76. The predicted molar refractivity (Wildman–Crippen MR) is 131 cm³/mol. The van der Waals surface area contributed by atoms with E-state index in [9.17, 15) is 9.59 Å². The van der Waals surface area contributed by atoms with Crippen LogP contribution in [0, 0.1) is 0 Å². The first-order chi connectivity index (χ1) is 16.5. The van der Waals surface area contributed by atoms with Crippen LogP contribution in [0.1, 0.15) is 41.9 Å². The molecule has 2 fully saturated rings. The number of likely N-dealkylation sites (tertiary alicyclic amines) is 1. The van der Waals surface area contributed by atoms with E-state index in [1.54, 1.807) is 11.8 Å². The fourth-order valence-corrected chi connectivity index (χ4v) is 6.09. The first-order valence-corrected chi connectivity index (χ1v) is 12.8. The zero-order valence-corrected chi connectivity index (χ0v) is 20.2. The summed E-state index contributed by atoms with van der Waals surface area (Å²) < 4.78 is 7.53. The minimum absolute atomic E-state index is 0.0104. The number of amidine groups is 1. The molecular formula is C24H30N6O3S. The number of nitrogens with zero attached hydrogens (tertiary/aromatic N) is 5. The number of carbonyl (C=O) groups is 2. The van der Waals surface area contributed by atoms with Gasteiger partial charge in [0.1, 0.15) is 5.84 Å². The van der Waals surface area contributed by atoms with Crippen molar-refractivity contribution >= 4 is 29.4 Å². The third kappa shape index (κ3) is 4.62. The Hall–Kier alpha value is -2.69. The Balaban J connectivity index is 1.50. The van der Waals surface area contributed by atoms with E-state index in [0.717, 1.165) is 48.5 Å². The van der Waals surface area contributed by atoms with Gasteiger partial charge in [0.2, 0.25) is 5.91 Å². The van der Waals surface area contributed by atoms with E-state index in [2.05, 4.69) is 32.8 Å². The van der Waals surface area contributed by atoms with Crippen molar-refractivity contribution in [2.45, 2.75) is 36.5 Å². The first kappa shape index (κ1) is 23.1. The van der Waals surface area contributed by atoms with Gasteiger partial charge in [-0.1, -0.05) is 18.2 Å². The van der Waals surface area contributed by atoms with Gasteiger partial charge < -0.3 is 15.4 Å². The summed E-state index contributed by atoms with van der Waals surface area (Å²) in [7, 11) is 0. The maximum Gasteiger partial charge on any atom is 0.274 e. The second kappa shape index (κ2) is 9.89. The number of aliphatic imine (C=N–C) groups is 1. The lowest BCUT2D eigenvalue weighted by Crippen LogP contribution is -2.42. The summed E-state index contributed by atoms with van der Waals surface area (Å²) in [5.41, 5.74) is 9.77. The number of fused-ring (bicyclic) bond motifs is 3. The number of piperidine rings is 1. The zero-order valence-electron chi connectivity index (χ0n) is 19.4. The quantitative estimate of drug-likeness (QED) is 0.526. The number of amides is 2. The standard InChI is InChI=1S/C24H30N6O3S/c1-16(31)26-21(25)14-28-8-4-5-17(13-28)30-23-18-6-2-3-7-20(18)34-15-19(23)22(27-30)24(32)29-9-11-33-12-10-29/h2-3,6-7,17H,4-5,8-15H2,1H3,(H2,25,26,31). The monoisotopic (exact) mass is 482 g/mol. The van der Waals surface area contributed by atoms with Crippen molar-refractivity contribution in [3.05, 3.63) is 35.5 Å². The van der Waals surface area contributed by atoms with Crippen molar-refractivity contribution in [2.75, 3.05) is 45.9 Å². The van der Waals surface area contributed by atoms with E-state index in [4.69, 9.17) is 15.6 Å². The summed E-state index contributed by atoms with van der Waals surface area (Å²) in [5, 5.41) is 4.98. The molecule has 1 atom stereocenters. The number of ether oxygens (including phenoxy) is 1. The fourth-order valence-electron chi connectivity index (χ4n) is 5.02. The highest BCUT2D eigenvalue weighted by Crippen LogP contribution is 2.44. The Morgan fingerprint density at radius 2 is 2.03 bits per heavy atom. The van der Waals surface area contributed by atoms with E-state index < -0.39 is 0 Å². The second-order valence-electron chi connectivity index (χ2n) is 8.96. The molecule has 0 saturated carbocycles. The third-order valence-electron chi connectivity index (χ3n) is 6.54. The van der Waals surface area contributed by atoms with Gasteiger partial charge in [0.15, 0.2) is 5.69 Å². The molecule has 0 bridgehead atoms. The molecule has 0 radical (unpaired) electrons. The van der Waals surface area contributed by atoms with Gasteiger partial charge in [0.25, 0.3) is 5.91 Å². The minimum Gasteiger partial charge on any atom is -0.386 e. The largest absolute Gasteiger partial charge is 0.386 e. The van der Waals surface area contributed by atoms with Crippen LogP contribution >= 0.6 is 11.8 Å². The van der Waals surface area contributed by atoms with E-state index >= 15 is 0 Å². The smallest absolute Gasteiger partial charge is 0.274 e. The number of rotatable bonds is 4. The van der Waals surface area contributed by atoms with Crippen molar-refractivity contribution in [3.8, 4) is 11.3 Å². The molecule has 2 saturated heterocycles. The van der Waals surface area contributed by atoms with Gasteiger partial charge in [-0.25, -0.2) is 0 Å². The molecule has 3 aliphatic heterocycles. The maximum atomic E-state index is 13.5. The summed E-state index contributed by atoms with van der Waals surface area (Å²) in [4.78, 5) is 34.0. The fraction of sp³-hybridized carbons (Fsp3) is 0.500. The normalized spacial score (nSPS) is 21.1. The Morgan fingerprint density at radius 1 is 1.24 bits per heavy atom. The molecule has 4 heterocycles. The molecule has 5 rings (SSSR count). The number of carbonyl (C=O) groups excluding carboxylic acids is 2. The van der Waals surface area contributed by atoms with Crippen molar-refractivity contribution in [2.24, 2.45) is 10.7 Å². The Bertz CT molecular complexity index is 1120. The topological polar surface area (TPSA) is 106 Å². The molecule has 3 aliphatic rings. The van der Waals surface area contributed by atoms with Crippen LogP contribution in [0.5, 0.6) is 0 Å². The highest BCUT2D eigenvalue weighted by atomic mass is 32.2. The number of benzene rings is 1. The SMILES string of the molecule is CC(=O)N=C(N)CN1CCCC(n2nc(C(=O)N3CCOCC3)c3c2-c2ccccc2SC3)C1. The van der Waals surface area contributed by atoms with Gasteiger partial charge in [0, 0.05) is 48.3 Å². The van der Waals surface area contributed by atoms with Crippen LogP contribution in [0.3, 0.4) is 0 Å². The first-order valence-electron chi connectivity index (χ1n) is 11.8. The number of hydrogen-bond donors (Lipinski definition) is 1. The molecule has 2 amide bonds. The van der Waals surface area contributed by atoms with Crippen LogP contribution in [-0.4, -0.2) is 83.2 Å². The van der Waals surface area contributed by atoms with E-state index in [-0.39, 0.29) is 17.9 Å². The van der Waals surface area contributed by atoms with Crippen LogP contribution in [0.25, 0.3) is 11.3 Å². The molecule has 1 aromatic carbocycles. The number of hydrogen-bond acceptors (Lipinski definition) is 6. The van der Waals surface area contributed by atoms with Crippen LogP contribution < -0.4 is 5.73 Å². The molecule has 34 heavy (non-hydrogen) atoms. The molecule has 0 aliphatic carbocycles. The molecular weight excluding hydrogens is 452 g/mol. The van der Waals surface area contributed by atoms with Gasteiger partial charge >= 0.3 is 0 Å². The molecule has 10 heteroatoms. The second-order valence-corrected chi connectivity index (χ2v) is 9.98. The molecule has 1 aromatic heterocycles. The third-order valence-corrected chi connectivity index (χ3v) is 7.64. The van der Waals surface area contributed by atoms with E-state index in [1.807, 2.05) is 11.0 Å². The summed E-state index contributed by atoms with van der Waals surface area (Å²) in [6.07, 6.45) is 1.95. The van der Waals surface area contributed by atoms with Gasteiger partial charge in [0.05, 0.1) is 31.5 Å². The van der Waals surface area contributed by atoms with E-state index in [0.29, 0.717) is 44.4 Å². The molecule has 2 aromatic rings. The Morgan fingerprint density at radius 3 is 2.82 bits per heavy atom.